The molecule has 0 aromatic heterocycles. The minimum atomic E-state index is -4.63. The summed E-state index contributed by atoms with van der Waals surface area (Å²) in [4.78, 5) is 0. The van der Waals surface area contributed by atoms with Gasteiger partial charge in [0.25, 0.3) is 0 Å². The van der Waals surface area contributed by atoms with Gasteiger partial charge in [-0.05, 0) is 24.3 Å². The van der Waals surface area contributed by atoms with Crippen molar-refractivity contribution in [2.24, 2.45) is 11.7 Å². The topological polar surface area (TPSA) is 59.1 Å². The number of hydrogen-bond acceptors (Lipinski definition) is 2. The highest BCUT2D eigenvalue weighted by molar-refractivity contribution is 5.80. The van der Waals surface area contributed by atoms with E-state index < -0.39 is 30.4 Å². The number of hydrogen-bond donors (Lipinski definition) is 2. The lowest BCUT2D eigenvalue weighted by Gasteiger charge is -2.19. The second-order valence-electron chi connectivity index (χ2n) is 3.31. The summed E-state index contributed by atoms with van der Waals surface area (Å²) < 4.78 is 54.4. The molecular weight excluding hydrogens is 240 g/mol. The first-order valence-corrected chi connectivity index (χ1v) is 4.59. The van der Waals surface area contributed by atoms with Crippen LogP contribution in [-0.2, 0) is 0 Å². The molecule has 3 nitrogen and oxygen atoms in total. The zero-order valence-corrected chi connectivity index (χ0v) is 8.59. The SMILES string of the molecule is N=C(N)C(COc1ccc(F)cc1)C(F)(F)F. The largest absolute Gasteiger partial charge is 0.492 e. The molecular formula is C10H10F4N2O. The third kappa shape index (κ3) is 3.93. The number of ether oxygens (including phenoxy) is 1. The molecule has 1 aromatic carbocycles. The summed E-state index contributed by atoms with van der Waals surface area (Å²) in [7, 11) is 0. The van der Waals surface area contributed by atoms with Gasteiger partial charge in [-0.25, -0.2) is 4.39 Å². The van der Waals surface area contributed by atoms with Gasteiger partial charge < -0.3 is 10.5 Å². The van der Waals surface area contributed by atoms with Gasteiger partial charge in [-0.2, -0.15) is 13.2 Å². The molecule has 0 bridgehead atoms. The lowest BCUT2D eigenvalue weighted by atomic mass is 10.1. The number of benzene rings is 1. The maximum absolute atomic E-state index is 12.5. The van der Waals surface area contributed by atoms with Crippen molar-refractivity contribution >= 4 is 5.84 Å². The monoisotopic (exact) mass is 250 g/mol. The number of nitrogens with one attached hydrogen (secondary N) is 1. The van der Waals surface area contributed by atoms with Crippen molar-refractivity contribution in [3.05, 3.63) is 30.1 Å². The highest BCUT2D eigenvalue weighted by atomic mass is 19.4. The van der Waals surface area contributed by atoms with E-state index in [0.29, 0.717) is 0 Å². The summed E-state index contributed by atoms with van der Waals surface area (Å²) in [6.45, 7) is -0.801. The van der Waals surface area contributed by atoms with Crippen LogP contribution in [0.4, 0.5) is 17.6 Å². The van der Waals surface area contributed by atoms with E-state index >= 15 is 0 Å². The molecule has 17 heavy (non-hydrogen) atoms. The Kier molecular flexibility index (Phi) is 3.93. The van der Waals surface area contributed by atoms with Crippen molar-refractivity contribution in [1.29, 1.82) is 5.41 Å². The molecule has 0 aliphatic rings. The van der Waals surface area contributed by atoms with Gasteiger partial charge in [-0.1, -0.05) is 0 Å². The van der Waals surface area contributed by atoms with Crippen LogP contribution in [0, 0.1) is 17.1 Å². The second kappa shape index (κ2) is 5.03. The first-order valence-electron chi connectivity index (χ1n) is 4.59. The lowest BCUT2D eigenvalue weighted by Crippen LogP contribution is -2.39. The van der Waals surface area contributed by atoms with Gasteiger partial charge in [0.05, 0.1) is 0 Å². The summed E-state index contributed by atoms with van der Waals surface area (Å²) in [5.74, 6) is -3.61. The second-order valence-corrected chi connectivity index (χ2v) is 3.31. The lowest BCUT2D eigenvalue weighted by molar-refractivity contribution is -0.162. The van der Waals surface area contributed by atoms with Crippen LogP contribution in [-0.4, -0.2) is 18.6 Å². The molecule has 0 heterocycles. The summed E-state index contributed by atoms with van der Waals surface area (Å²) in [6.07, 6.45) is -4.63. The van der Waals surface area contributed by atoms with Gasteiger partial charge in [-0.3, -0.25) is 5.41 Å². The Morgan fingerprint density at radius 1 is 1.29 bits per heavy atom. The highest BCUT2D eigenvalue weighted by Crippen LogP contribution is 2.27. The zero-order valence-electron chi connectivity index (χ0n) is 8.59. The van der Waals surface area contributed by atoms with E-state index in [9.17, 15) is 17.6 Å². The van der Waals surface area contributed by atoms with E-state index in [1.54, 1.807) is 0 Å². The Bertz CT molecular complexity index is 388. The highest BCUT2D eigenvalue weighted by Gasteiger charge is 2.42. The molecule has 0 aliphatic heterocycles. The molecule has 0 fully saturated rings. The third-order valence-electron chi connectivity index (χ3n) is 2.00. The standard InChI is InChI=1S/C10H10F4N2O/c11-6-1-3-7(4-2-6)17-5-8(9(15)16)10(12,13)14/h1-4,8H,5H2,(H3,15,16). The predicted molar refractivity (Wildman–Crippen MR) is 53.4 cm³/mol. The first kappa shape index (κ1) is 13.3. The summed E-state index contributed by atoms with van der Waals surface area (Å²) in [5, 5.41) is 6.82. The quantitative estimate of drug-likeness (QED) is 0.489. The van der Waals surface area contributed by atoms with Crippen LogP contribution in [0.15, 0.2) is 24.3 Å². The number of amidine groups is 1. The van der Waals surface area contributed by atoms with Crippen LogP contribution in [0.2, 0.25) is 0 Å². The van der Waals surface area contributed by atoms with Crippen LogP contribution < -0.4 is 10.5 Å². The van der Waals surface area contributed by atoms with Crippen molar-refractivity contribution < 1.29 is 22.3 Å². The number of halogens is 4. The maximum Gasteiger partial charge on any atom is 0.401 e. The van der Waals surface area contributed by atoms with E-state index in [1.165, 1.54) is 12.1 Å². The molecule has 0 radical (unpaired) electrons. The third-order valence-corrected chi connectivity index (χ3v) is 2.00. The van der Waals surface area contributed by atoms with Crippen molar-refractivity contribution in [2.75, 3.05) is 6.61 Å². The van der Waals surface area contributed by atoms with Crippen molar-refractivity contribution in [1.82, 2.24) is 0 Å². The molecule has 1 rings (SSSR count). The smallest absolute Gasteiger partial charge is 0.401 e. The Balaban J connectivity index is 2.65. The number of rotatable bonds is 4. The van der Waals surface area contributed by atoms with Crippen molar-refractivity contribution in [3.63, 3.8) is 0 Å². The molecule has 7 heteroatoms. The van der Waals surface area contributed by atoms with E-state index in [4.69, 9.17) is 15.9 Å². The average Bonchev–Trinajstić information content (AvgIpc) is 2.18. The Morgan fingerprint density at radius 2 is 1.82 bits per heavy atom. The fraction of sp³-hybridized carbons (Fsp3) is 0.300. The molecule has 0 saturated carbocycles. The van der Waals surface area contributed by atoms with Gasteiger partial charge >= 0.3 is 6.18 Å². The van der Waals surface area contributed by atoms with E-state index in [-0.39, 0.29) is 5.75 Å². The zero-order chi connectivity index (χ0) is 13.1. The summed E-state index contributed by atoms with van der Waals surface area (Å²) in [5.41, 5.74) is 4.83. The van der Waals surface area contributed by atoms with Gasteiger partial charge in [0.2, 0.25) is 0 Å². The summed E-state index contributed by atoms with van der Waals surface area (Å²) in [6, 6.07) is 4.52. The first-order chi connectivity index (χ1) is 7.80. The predicted octanol–water partition coefficient (Wildman–Crippen LogP) is 2.32. The molecule has 3 N–H and O–H groups in total. The molecule has 1 unspecified atom stereocenters. The Morgan fingerprint density at radius 3 is 2.24 bits per heavy atom. The summed E-state index contributed by atoms with van der Waals surface area (Å²) >= 11 is 0. The maximum atomic E-state index is 12.5. The Hall–Kier alpha value is -1.79. The molecule has 0 amide bonds. The van der Waals surface area contributed by atoms with Gasteiger partial charge in [0.15, 0.2) is 0 Å². The van der Waals surface area contributed by atoms with Gasteiger partial charge in [0.1, 0.15) is 29.9 Å². The number of alkyl halides is 3. The average molecular weight is 250 g/mol. The van der Waals surface area contributed by atoms with Gasteiger partial charge in [0, 0.05) is 0 Å². The molecule has 0 saturated heterocycles. The Labute approximate surface area is 94.7 Å². The van der Waals surface area contributed by atoms with Crippen LogP contribution in [0.25, 0.3) is 0 Å². The van der Waals surface area contributed by atoms with Crippen LogP contribution in [0.3, 0.4) is 0 Å². The normalized spacial score (nSPS) is 13.2. The minimum Gasteiger partial charge on any atom is -0.492 e. The molecule has 0 spiro atoms. The molecule has 94 valence electrons. The van der Waals surface area contributed by atoms with Crippen LogP contribution in [0.1, 0.15) is 0 Å². The fourth-order valence-corrected chi connectivity index (χ4v) is 1.07. The van der Waals surface area contributed by atoms with Crippen molar-refractivity contribution in [3.8, 4) is 5.75 Å². The van der Waals surface area contributed by atoms with Crippen LogP contribution in [0.5, 0.6) is 5.75 Å². The molecule has 0 aliphatic carbocycles. The number of nitrogens with two attached hydrogens (primary N) is 1. The van der Waals surface area contributed by atoms with Crippen LogP contribution >= 0.6 is 0 Å². The van der Waals surface area contributed by atoms with E-state index in [2.05, 4.69) is 0 Å². The minimum absolute atomic E-state index is 0.0851. The van der Waals surface area contributed by atoms with Crippen molar-refractivity contribution in [2.45, 2.75) is 6.18 Å². The van der Waals surface area contributed by atoms with E-state index in [1.807, 2.05) is 0 Å². The molecule has 1 atom stereocenters. The van der Waals surface area contributed by atoms with E-state index in [0.717, 1.165) is 12.1 Å². The van der Waals surface area contributed by atoms with Gasteiger partial charge in [-0.15, -0.1) is 0 Å². The molecule has 1 aromatic rings. The fourth-order valence-electron chi connectivity index (χ4n) is 1.07.